The molecule has 0 atom stereocenters. The summed E-state index contributed by atoms with van der Waals surface area (Å²) >= 11 is 3.41. The predicted molar refractivity (Wildman–Crippen MR) is 88.6 cm³/mol. The highest BCUT2D eigenvalue weighted by atomic mass is 79.9. The Morgan fingerprint density at radius 2 is 1.86 bits per heavy atom. The second-order valence-corrected chi connectivity index (χ2v) is 6.69. The summed E-state index contributed by atoms with van der Waals surface area (Å²) < 4.78 is 14.7. The van der Waals surface area contributed by atoms with Crippen LogP contribution in [0.3, 0.4) is 0 Å². The highest BCUT2D eigenvalue weighted by Crippen LogP contribution is 2.28. The van der Waals surface area contributed by atoms with Crippen LogP contribution >= 0.6 is 15.9 Å². The maximum absolute atomic E-state index is 13.9. The van der Waals surface area contributed by atoms with E-state index in [1.807, 2.05) is 6.92 Å². The van der Waals surface area contributed by atoms with E-state index in [1.54, 1.807) is 30.4 Å². The van der Waals surface area contributed by atoms with Crippen LogP contribution in [0.2, 0.25) is 0 Å². The van der Waals surface area contributed by atoms with Gasteiger partial charge in [-0.2, -0.15) is 0 Å². The van der Waals surface area contributed by atoms with Gasteiger partial charge in [-0.25, -0.2) is 4.39 Å². The van der Waals surface area contributed by atoms with E-state index >= 15 is 0 Å². The third kappa shape index (κ3) is 4.37. The Balaban J connectivity index is 2.18. The molecule has 112 valence electrons. The van der Waals surface area contributed by atoms with Crippen LogP contribution in [0.15, 0.2) is 40.9 Å². The molecule has 1 fully saturated rings. The summed E-state index contributed by atoms with van der Waals surface area (Å²) in [6.07, 6.45) is 8.82. The minimum atomic E-state index is -0.277. The SMILES string of the molecule is C/C(Br)=C(/C=C/C(=O)C1CCCCC1)c1ccccc1F. The third-order valence-electron chi connectivity index (χ3n) is 3.96. The predicted octanol–water partition coefficient (Wildman–Crippen LogP) is 5.66. The largest absolute Gasteiger partial charge is 0.295 e. The van der Waals surface area contributed by atoms with Crippen molar-refractivity contribution in [3.63, 3.8) is 0 Å². The van der Waals surface area contributed by atoms with E-state index in [0.717, 1.165) is 35.7 Å². The summed E-state index contributed by atoms with van der Waals surface area (Å²) in [5.74, 6) is 0.0332. The van der Waals surface area contributed by atoms with Gasteiger partial charge >= 0.3 is 0 Å². The Morgan fingerprint density at radius 3 is 2.48 bits per heavy atom. The summed E-state index contributed by atoms with van der Waals surface area (Å²) in [5.41, 5.74) is 1.23. The van der Waals surface area contributed by atoms with Crippen molar-refractivity contribution in [2.45, 2.75) is 39.0 Å². The minimum absolute atomic E-state index is 0.146. The monoisotopic (exact) mass is 350 g/mol. The van der Waals surface area contributed by atoms with Crippen LogP contribution in [-0.4, -0.2) is 5.78 Å². The molecule has 0 bridgehead atoms. The molecule has 0 unspecified atom stereocenters. The van der Waals surface area contributed by atoms with Gasteiger partial charge in [0.1, 0.15) is 5.82 Å². The van der Waals surface area contributed by atoms with E-state index < -0.39 is 0 Å². The normalized spacial score (nSPS) is 17.9. The van der Waals surface area contributed by atoms with Crippen molar-refractivity contribution in [1.82, 2.24) is 0 Å². The molecular weight excluding hydrogens is 331 g/mol. The third-order valence-corrected chi connectivity index (χ3v) is 4.38. The van der Waals surface area contributed by atoms with Gasteiger partial charge in [0.2, 0.25) is 0 Å². The number of carbonyl (C=O) groups is 1. The smallest absolute Gasteiger partial charge is 0.158 e. The Kier molecular flexibility index (Phi) is 5.92. The lowest BCUT2D eigenvalue weighted by molar-refractivity contribution is -0.119. The lowest BCUT2D eigenvalue weighted by Gasteiger charge is -2.18. The standard InChI is InChI=1S/C18H20BrFO/c1-13(19)15(16-9-5-6-10-17(16)20)11-12-18(21)14-7-3-2-4-8-14/h5-6,9-12,14H,2-4,7-8H2,1H3/b12-11+,15-13+. The van der Waals surface area contributed by atoms with Crippen LogP contribution in [0.4, 0.5) is 4.39 Å². The molecule has 0 saturated heterocycles. The number of hydrogen-bond donors (Lipinski definition) is 0. The zero-order chi connectivity index (χ0) is 15.2. The number of allylic oxidation sites excluding steroid dienone is 4. The van der Waals surface area contributed by atoms with Gasteiger partial charge in [-0.15, -0.1) is 0 Å². The van der Waals surface area contributed by atoms with Crippen LogP contribution in [0.25, 0.3) is 5.57 Å². The van der Waals surface area contributed by atoms with E-state index in [-0.39, 0.29) is 17.5 Å². The van der Waals surface area contributed by atoms with Gasteiger partial charge in [0, 0.05) is 11.5 Å². The fraction of sp³-hybridized carbons (Fsp3) is 0.389. The highest BCUT2D eigenvalue weighted by molar-refractivity contribution is 9.11. The van der Waals surface area contributed by atoms with Crippen molar-refractivity contribution in [2.75, 3.05) is 0 Å². The van der Waals surface area contributed by atoms with Gasteiger partial charge in [-0.05, 0) is 48.0 Å². The van der Waals surface area contributed by atoms with Gasteiger partial charge in [-0.3, -0.25) is 4.79 Å². The van der Waals surface area contributed by atoms with Gasteiger partial charge in [0.15, 0.2) is 5.78 Å². The molecule has 0 N–H and O–H groups in total. The molecule has 0 heterocycles. The molecule has 3 heteroatoms. The molecule has 1 nitrogen and oxygen atoms in total. The first kappa shape index (κ1) is 16.2. The molecule has 0 aromatic heterocycles. The number of ketones is 1. The molecule has 1 aliphatic carbocycles. The molecule has 0 radical (unpaired) electrons. The molecule has 21 heavy (non-hydrogen) atoms. The second kappa shape index (κ2) is 7.69. The molecule has 1 aliphatic rings. The van der Waals surface area contributed by atoms with Crippen LogP contribution in [0, 0.1) is 11.7 Å². The number of benzene rings is 1. The van der Waals surface area contributed by atoms with Crippen LogP contribution in [0.1, 0.15) is 44.6 Å². The van der Waals surface area contributed by atoms with E-state index in [1.165, 1.54) is 12.5 Å². The fourth-order valence-corrected chi connectivity index (χ4v) is 3.10. The first-order valence-corrected chi connectivity index (χ1v) is 8.22. The molecule has 1 aromatic carbocycles. The average molecular weight is 351 g/mol. The lowest BCUT2D eigenvalue weighted by atomic mass is 9.86. The van der Waals surface area contributed by atoms with Gasteiger partial charge < -0.3 is 0 Å². The Labute approximate surface area is 134 Å². The van der Waals surface area contributed by atoms with Crippen molar-refractivity contribution in [3.8, 4) is 0 Å². The molecule has 0 spiro atoms. The number of hydrogen-bond acceptors (Lipinski definition) is 1. The van der Waals surface area contributed by atoms with Crippen molar-refractivity contribution in [1.29, 1.82) is 0 Å². The summed E-state index contributed by atoms with van der Waals surface area (Å²) in [6, 6.07) is 6.62. The van der Waals surface area contributed by atoms with E-state index in [2.05, 4.69) is 15.9 Å². The molecule has 1 saturated carbocycles. The first-order valence-electron chi connectivity index (χ1n) is 7.43. The quantitative estimate of drug-likeness (QED) is 0.505. The van der Waals surface area contributed by atoms with Crippen LogP contribution < -0.4 is 0 Å². The number of carbonyl (C=O) groups excluding carboxylic acids is 1. The maximum atomic E-state index is 13.9. The molecule has 1 aromatic rings. The molecular formula is C18H20BrFO. The number of rotatable bonds is 4. The Morgan fingerprint density at radius 1 is 1.19 bits per heavy atom. The van der Waals surface area contributed by atoms with E-state index in [4.69, 9.17) is 0 Å². The zero-order valence-electron chi connectivity index (χ0n) is 12.2. The molecule has 0 aliphatic heterocycles. The zero-order valence-corrected chi connectivity index (χ0v) is 13.8. The second-order valence-electron chi connectivity index (χ2n) is 5.50. The van der Waals surface area contributed by atoms with Crippen molar-refractivity contribution >= 4 is 27.3 Å². The van der Waals surface area contributed by atoms with Gasteiger partial charge in [0.25, 0.3) is 0 Å². The topological polar surface area (TPSA) is 17.1 Å². The van der Waals surface area contributed by atoms with Crippen LogP contribution in [-0.2, 0) is 4.79 Å². The number of halogens is 2. The van der Waals surface area contributed by atoms with E-state index in [9.17, 15) is 9.18 Å². The highest BCUT2D eigenvalue weighted by Gasteiger charge is 2.19. The Bertz CT molecular complexity index is 564. The first-order chi connectivity index (χ1) is 10.1. The lowest BCUT2D eigenvalue weighted by Crippen LogP contribution is -2.15. The summed E-state index contributed by atoms with van der Waals surface area (Å²) in [6.45, 7) is 1.86. The van der Waals surface area contributed by atoms with Crippen LogP contribution in [0.5, 0.6) is 0 Å². The summed E-state index contributed by atoms with van der Waals surface area (Å²) in [7, 11) is 0. The Hall–Kier alpha value is -1.22. The van der Waals surface area contributed by atoms with Gasteiger partial charge in [-0.1, -0.05) is 53.4 Å². The summed E-state index contributed by atoms with van der Waals surface area (Å²) in [5, 5.41) is 0. The maximum Gasteiger partial charge on any atom is 0.158 e. The average Bonchev–Trinajstić information content (AvgIpc) is 2.49. The summed E-state index contributed by atoms with van der Waals surface area (Å²) in [4.78, 5) is 12.2. The van der Waals surface area contributed by atoms with Gasteiger partial charge in [0.05, 0.1) is 0 Å². The van der Waals surface area contributed by atoms with Crippen molar-refractivity contribution < 1.29 is 9.18 Å². The van der Waals surface area contributed by atoms with Crippen molar-refractivity contribution in [2.24, 2.45) is 5.92 Å². The minimum Gasteiger partial charge on any atom is -0.295 e. The molecule has 0 amide bonds. The fourth-order valence-electron chi connectivity index (χ4n) is 2.76. The molecule has 2 rings (SSSR count). The van der Waals surface area contributed by atoms with Crippen molar-refractivity contribution in [3.05, 3.63) is 52.3 Å². The van der Waals surface area contributed by atoms with E-state index in [0.29, 0.717) is 5.56 Å².